The minimum absolute atomic E-state index is 0.0620. The summed E-state index contributed by atoms with van der Waals surface area (Å²) < 4.78 is 5.30. The summed E-state index contributed by atoms with van der Waals surface area (Å²) in [5.74, 6) is -1.05. The molecular weight excluding hydrogens is 466 g/mol. The zero-order valence-corrected chi connectivity index (χ0v) is 21.3. The summed E-state index contributed by atoms with van der Waals surface area (Å²) in [5.41, 5.74) is 3.92. The number of likely N-dealkylation sites (N-methyl/N-ethyl adjacent to an activating group) is 1. The Labute approximate surface area is 217 Å². The number of ether oxygens (including phenoxy) is 1. The van der Waals surface area contributed by atoms with Crippen molar-refractivity contribution in [2.45, 2.75) is 13.0 Å². The fraction of sp³-hybridized carbons (Fsp3) is 0.267. The van der Waals surface area contributed by atoms with Crippen LogP contribution in [0.15, 0.2) is 78.4 Å². The first-order chi connectivity index (χ1) is 17.9. The number of anilines is 2. The molecule has 2 heterocycles. The lowest BCUT2D eigenvalue weighted by atomic mass is 9.94. The van der Waals surface area contributed by atoms with Crippen molar-refractivity contribution in [3.63, 3.8) is 0 Å². The van der Waals surface area contributed by atoms with Gasteiger partial charge in [-0.1, -0.05) is 42.0 Å². The van der Waals surface area contributed by atoms with Gasteiger partial charge >= 0.3 is 0 Å². The molecule has 2 aliphatic rings. The van der Waals surface area contributed by atoms with Crippen LogP contribution in [0.25, 0.3) is 5.76 Å². The highest BCUT2D eigenvalue weighted by Crippen LogP contribution is 2.43. The number of benzene rings is 3. The molecule has 1 atom stereocenters. The van der Waals surface area contributed by atoms with Crippen molar-refractivity contribution in [1.82, 2.24) is 4.90 Å². The number of nitrogens with zero attached hydrogens (tertiary/aromatic N) is 3. The number of aryl methyl sites for hydroxylation is 1. The number of carbonyl (C=O) groups is 2. The van der Waals surface area contributed by atoms with Crippen molar-refractivity contribution in [3.05, 3.63) is 95.1 Å². The normalized spacial score (nSPS) is 19.9. The summed E-state index contributed by atoms with van der Waals surface area (Å²) in [7, 11) is 3.66. The van der Waals surface area contributed by atoms with Crippen LogP contribution >= 0.6 is 0 Å². The number of hydrogen-bond donors (Lipinski definition) is 1. The van der Waals surface area contributed by atoms with Crippen molar-refractivity contribution in [2.75, 3.05) is 50.1 Å². The monoisotopic (exact) mass is 497 g/mol. The van der Waals surface area contributed by atoms with Crippen molar-refractivity contribution >= 4 is 28.8 Å². The number of hydrogen-bond acceptors (Lipinski definition) is 6. The summed E-state index contributed by atoms with van der Waals surface area (Å²) in [4.78, 5) is 33.0. The lowest BCUT2D eigenvalue weighted by molar-refractivity contribution is -0.132. The molecule has 0 aliphatic carbocycles. The van der Waals surface area contributed by atoms with E-state index >= 15 is 0 Å². The maximum Gasteiger partial charge on any atom is 0.300 e. The van der Waals surface area contributed by atoms with Crippen LogP contribution in [0.5, 0.6) is 5.75 Å². The Morgan fingerprint density at radius 2 is 1.57 bits per heavy atom. The van der Waals surface area contributed by atoms with Gasteiger partial charge in [0.1, 0.15) is 11.5 Å². The van der Waals surface area contributed by atoms with Gasteiger partial charge in [0, 0.05) is 43.1 Å². The van der Waals surface area contributed by atoms with Crippen LogP contribution < -0.4 is 14.5 Å². The zero-order chi connectivity index (χ0) is 26.1. The van der Waals surface area contributed by atoms with Gasteiger partial charge in [0.15, 0.2) is 0 Å². The molecule has 7 heteroatoms. The number of Topliss-reactive ketones (excluding diaryl/α,β-unsaturated/α-hetero) is 1. The van der Waals surface area contributed by atoms with Gasteiger partial charge in [-0.3, -0.25) is 14.5 Å². The Morgan fingerprint density at radius 3 is 2.24 bits per heavy atom. The van der Waals surface area contributed by atoms with Gasteiger partial charge < -0.3 is 19.6 Å². The number of methoxy groups -OCH3 is 1. The van der Waals surface area contributed by atoms with E-state index in [0.29, 0.717) is 17.0 Å². The minimum Gasteiger partial charge on any atom is -0.507 e. The first-order valence-corrected chi connectivity index (χ1v) is 12.4. The van der Waals surface area contributed by atoms with Gasteiger partial charge in [0.25, 0.3) is 11.7 Å². The van der Waals surface area contributed by atoms with Crippen LogP contribution in [-0.4, -0.2) is 62.0 Å². The second-order valence-corrected chi connectivity index (χ2v) is 9.62. The van der Waals surface area contributed by atoms with E-state index in [1.54, 1.807) is 24.3 Å². The van der Waals surface area contributed by atoms with E-state index in [9.17, 15) is 14.7 Å². The summed E-state index contributed by atoms with van der Waals surface area (Å²) in [5, 5.41) is 11.3. The molecule has 1 amide bonds. The second-order valence-electron chi connectivity index (χ2n) is 9.62. The first kappa shape index (κ1) is 24.6. The third-order valence-electron chi connectivity index (χ3n) is 7.14. The Bertz CT molecular complexity index is 1360. The van der Waals surface area contributed by atoms with Crippen molar-refractivity contribution in [2.24, 2.45) is 0 Å². The van der Waals surface area contributed by atoms with Crippen LogP contribution in [0.3, 0.4) is 0 Å². The SMILES string of the molecule is COc1cccc(/C(O)=C2\C(=O)C(=O)N(c3ccc(N4CCN(C)CC4)cc3)C2c2cccc(C)c2)c1. The van der Waals surface area contributed by atoms with Crippen LogP contribution in [0.2, 0.25) is 0 Å². The average Bonchev–Trinajstić information content (AvgIpc) is 3.19. The van der Waals surface area contributed by atoms with Crippen molar-refractivity contribution in [1.29, 1.82) is 0 Å². The molecule has 0 aromatic heterocycles. The molecule has 0 saturated carbocycles. The van der Waals surface area contributed by atoms with E-state index in [-0.39, 0.29) is 11.3 Å². The molecule has 190 valence electrons. The summed E-state index contributed by atoms with van der Waals surface area (Å²) >= 11 is 0. The summed E-state index contributed by atoms with van der Waals surface area (Å²) in [6.45, 7) is 5.82. The number of amides is 1. The Balaban J connectivity index is 1.59. The molecule has 0 spiro atoms. The van der Waals surface area contributed by atoms with Gasteiger partial charge in [0.05, 0.1) is 18.7 Å². The van der Waals surface area contributed by atoms with Crippen molar-refractivity contribution in [3.8, 4) is 5.75 Å². The smallest absolute Gasteiger partial charge is 0.300 e. The van der Waals surface area contributed by atoms with Crippen LogP contribution in [0.4, 0.5) is 11.4 Å². The topological polar surface area (TPSA) is 73.3 Å². The highest BCUT2D eigenvalue weighted by molar-refractivity contribution is 6.51. The van der Waals surface area contributed by atoms with Crippen LogP contribution in [-0.2, 0) is 9.59 Å². The zero-order valence-electron chi connectivity index (χ0n) is 21.3. The molecule has 2 saturated heterocycles. The fourth-order valence-electron chi connectivity index (χ4n) is 5.07. The molecule has 3 aromatic carbocycles. The quantitative estimate of drug-likeness (QED) is 0.320. The van der Waals surface area contributed by atoms with Crippen LogP contribution in [0.1, 0.15) is 22.7 Å². The van der Waals surface area contributed by atoms with Gasteiger partial charge in [0.2, 0.25) is 0 Å². The molecule has 5 rings (SSSR count). The van der Waals surface area contributed by atoms with Gasteiger partial charge in [-0.25, -0.2) is 0 Å². The second kappa shape index (κ2) is 10.1. The lowest BCUT2D eigenvalue weighted by Crippen LogP contribution is -2.44. The maximum absolute atomic E-state index is 13.5. The average molecular weight is 498 g/mol. The number of piperazine rings is 1. The maximum atomic E-state index is 13.5. The summed E-state index contributed by atoms with van der Waals surface area (Å²) in [6, 6.07) is 21.5. The third-order valence-corrected chi connectivity index (χ3v) is 7.14. The standard InChI is InChI=1S/C30H31N3O4/c1-20-6-4-7-21(18-20)27-26(28(34)22-8-5-9-25(19-22)37-3)29(35)30(36)33(27)24-12-10-23(11-13-24)32-16-14-31(2)15-17-32/h4-13,18-19,27,34H,14-17H2,1-3H3/b28-26+. The van der Waals surface area contributed by atoms with Crippen molar-refractivity contribution < 1.29 is 19.4 Å². The predicted octanol–water partition coefficient (Wildman–Crippen LogP) is 4.38. The van der Waals surface area contributed by atoms with Crippen LogP contribution in [0, 0.1) is 6.92 Å². The highest BCUT2D eigenvalue weighted by Gasteiger charge is 2.47. The predicted molar refractivity (Wildman–Crippen MR) is 145 cm³/mol. The fourth-order valence-corrected chi connectivity index (χ4v) is 5.07. The number of rotatable bonds is 5. The molecule has 3 aromatic rings. The molecule has 1 unspecified atom stereocenters. The van der Waals surface area contributed by atoms with E-state index in [4.69, 9.17) is 4.74 Å². The van der Waals surface area contributed by atoms with Gasteiger partial charge in [-0.2, -0.15) is 0 Å². The van der Waals surface area contributed by atoms with E-state index < -0.39 is 17.7 Å². The Hall–Kier alpha value is -4.10. The van der Waals surface area contributed by atoms with Gasteiger partial charge in [-0.15, -0.1) is 0 Å². The molecule has 0 bridgehead atoms. The Morgan fingerprint density at radius 1 is 0.892 bits per heavy atom. The molecule has 2 fully saturated rings. The number of carbonyl (C=O) groups excluding carboxylic acids is 2. The molecular formula is C30H31N3O4. The molecule has 1 N–H and O–H groups in total. The largest absolute Gasteiger partial charge is 0.507 e. The third kappa shape index (κ3) is 4.70. The molecule has 2 aliphatic heterocycles. The molecule has 0 radical (unpaired) electrons. The molecule has 7 nitrogen and oxygen atoms in total. The summed E-state index contributed by atoms with van der Waals surface area (Å²) in [6.07, 6.45) is 0. The first-order valence-electron chi connectivity index (χ1n) is 12.4. The van der Waals surface area contributed by atoms with E-state index in [1.165, 1.54) is 12.0 Å². The highest BCUT2D eigenvalue weighted by atomic mass is 16.5. The van der Waals surface area contributed by atoms with E-state index in [2.05, 4.69) is 16.8 Å². The number of aliphatic hydroxyl groups is 1. The van der Waals surface area contributed by atoms with Gasteiger partial charge in [-0.05, 0) is 55.9 Å². The number of ketones is 1. The number of aliphatic hydroxyl groups excluding tert-OH is 1. The van der Waals surface area contributed by atoms with E-state index in [1.807, 2.05) is 55.5 Å². The lowest BCUT2D eigenvalue weighted by Gasteiger charge is -2.34. The molecule has 37 heavy (non-hydrogen) atoms. The Kier molecular flexibility index (Phi) is 6.72. The van der Waals surface area contributed by atoms with E-state index in [0.717, 1.165) is 43.0 Å². The minimum atomic E-state index is -0.763.